The number of nitrogens with zero attached hydrogens (tertiary/aromatic N) is 3. The molecule has 1 amide bonds. The number of rotatable bonds is 3. The molecule has 2 aromatic heterocycles. The second-order valence-corrected chi connectivity index (χ2v) is 8.76. The van der Waals surface area contributed by atoms with Crippen LogP contribution in [0.3, 0.4) is 0 Å². The monoisotopic (exact) mass is 497 g/mol. The van der Waals surface area contributed by atoms with Crippen molar-refractivity contribution in [2.75, 3.05) is 4.90 Å². The fourth-order valence-corrected chi connectivity index (χ4v) is 4.88. The van der Waals surface area contributed by atoms with Gasteiger partial charge in [-0.1, -0.05) is 15.9 Å². The maximum absolute atomic E-state index is 13.5. The van der Waals surface area contributed by atoms with Crippen LogP contribution in [-0.4, -0.2) is 15.8 Å². The summed E-state index contributed by atoms with van der Waals surface area (Å²) in [6.45, 7) is 1.81. The van der Waals surface area contributed by atoms with Gasteiger partial charge in [0.05, 0.1) is 27.6 Å². The van der Waals surface area contributed by atoms with Gasteiger partial charge in [0.2, 0.25) is 5.76 Å². The number of thiazole rings is 1. The van der Waals surface area contributed by atoms with E-state index in [9.17, 15) is 19.7 Å². The molecule has 0 saturated heterocycles. The van der Waals surface area contributed by atoms with Crippen molar-refractivity contribution in [3.63, 3.8) is 0 Å². The summed E-state index contributed by atoms with van der Waals surface area (Å²) in [6, 6.07) is 9.98. The number of halogens is 1. The third-order valence-corrected chi connectivity index (χ3v) is 6.52. The van der Waals surface area contributed by atoms with Gasteiger partial charge in [-0.05, 0) is 42.8 Å². The van der Waals surface area contributed by atoms with Crippen molar-refractivity contribution < 1.29 is 14.1 Å². The lowest BCUT2D eigenvalue weighted by molar-refractivity contribution is -0.384. The molecule has 0 spiro atoms. The zero-order valence-electron chi connectivity index (χ0n) is 15.9. The molecule has 0 saturated carbocycles. The number of nitro groups is 1. The molecular formula is C21H12BrN3O5S. The highest BCUT2D eigenvalue weighted by Crippen LogP contribution is 2.42. The topological polar surface area (TPSA) is 107 Å². The first kappa shape index (κ1) is 19.6. The number of non-ortho nitro benzene ring substituents is 1. The van der Waals surface area contributed by atoms with Gasteiger partial charge in [-0.25, -0.2) is 4.98 Å². The summed E-state index contributed by atoms with van der Waals surface area (Å²) in [6.07, 6.45) is 0. The number of anilines is 1. The quantitative estimate of drug-likeness (QED) is 0.291. The first-order chi connectivity index (χ1) is 14.8. The first-order valence-electron chi connectivity index (χ1n) is 9.11. The summed E-state index contributed by atoms with van der Waals surface area (Å²) in [7, 11) is 0. The van der Waals surface area contributed by atoms with Gasteiger partial charge in [0.25, 0.3) is 11.6 Å². The van der Waals surface area contributed by atoms with E-state index in [2.05, 4.69) is 20.9 Å². The molecule has 0 bridgehead atoms. The van der Waals surface area contributed by atoms with Crippen LogP contribution in [0.25, 0.3) is 11.0 Å². The standard InChI is InChI=1S/C21H12BrN3O5S/c1-10-9-31-21(23-10)24-17(11-2-5-13(6-3-11)25(28)29)16-18(26)14-8-12(22)4-7-15(14)30-19(16)20(24)27/h2-9,17H,1H3/t17-/m1/s1. The fourth-order valence-electron chi connectivity index (χ4n) is 3.69. The molecule has 1 atom stereocenters. The van der Waals surface area contributed by atoms with Gasteiger partial charge in [0.1, 0.15) is 5.58 Å². The maximum atomic E-state index is 13.5. The van der Waals surface area contributed by atoms with Crippen molar-refractivity contribution in [3.05, 3.63) is 95.2 Å². The van der Waals surface area contributed by atoms with E-state index in [1.165, 1.54) is 28.4 Å². The number of fused-ring (bicyclic) bond motifs is 2. The Morgan fingerprint density at radius 1 is 1.19 bits per heavy atom. The summed E-state index contributed by atoms with van der Waals surface area (Å²) in [5.41, 5.74) is 1.37. The van der Waals surface area contributed by atoms with Crippen LogP contribution >= 0.6 is 27.3 Å². The Balaban J connectivity index is 1.79. The molecule has 31 heavy (non-hydrogen) atoms. The van der Waals surface area contributed by atoms with Crippen LogP contribution in [0.15, 0.2) is 61.5 Å². The lowest BCUT2D eigenvalue weighted by atomic mass is 9.98. The molecule has 1 aliphatic heterocycles. The van der Waals surface area contributed by atoms with Crippen molar-refractivity contribution >= 4 is 55.0 Å². The van der Waals surface area contributed by atoms with E-state index < -0.39 is 16.9 Å². The van der Waals surface area contributed by atoms with Crippen LogP contribution in [-0.2, 0) is 0 Å². The van der Waals surface area contributed by atoms with Gasteiger partial charge in [-0.3, -0.25) is 24.6 Å². The number of carbonyl (C=O) groups excluding carboxylic acids is 1. The number of benzene rings is 2. The molecule has 0 N–H and O–H groups in total. The van der Waals surface area contributed by atoms with E-state index in [0.717, 1.165) is 5.69 Å². The fraction of sp³-hybridized carbons (Fsp3) is 0.0952. The number of hydrogen-bond donors (Lipinski definition) is 0. The van der Waals surface area contributed by atoms with Crippen molar-refractivity contribution in [1.29, 1.82) is 0 Å². The second-order valence-electron chi connectivity index (χ2n) is 7.01. The molecule has 10 heteroatoms. The number of amides is 1. The molecule has 3 heterocycles. The molecule has 1 aliphatic rings. The Morgan fingerprint density at radius 2 is 1.94 bits per heavy atom. The van der Waals surface area contributed by atoms with E-state index in [4.69, 9.17) is 4.42 Å². The summed E-state index contributed by atoms with van der Waals surface area (Å²) >= 11 is 4.64. The zero-order chi connectivity index (χ0) is 21.9. The predicted octanol–water partition coefficient (Wildman–Crippen LogP) is 4.98. The van der Waals surface area contributed by atoms with Crippen molar-refractivity contribution in [1.82, 2.24) is 4.98 Å². The zero-order valence-corrected chi connectivity index (χ0v) is 18.3. The Bertz CT molecular complexity index is 1440. The van der Waals surface area contributed by atoms with Crippen molar-refractivity contribution in [2.24, 2.45) is 0 Å². The minimum absolute atomic E-state index is 0.0453. The van der Waals surface area contributed by atoms with Gasteiger partial charge in [-0.2, -0.15) is 0 Å². The number of nitro benzene ring substituents is 1. The van der Waals surface area contributed by atoms with Crippen molar-refractivity contribution in [2.45, 2.75) is 13.0 Å². The highest BCUT2D eigenvalue weighted by atomic mass is 79.9. The highest BCUT2D eigenvalue weighted by Gasteiger charge is 2.45. The normalized spacial score (nSPS) is 15.5. The van der Waals surface area contributed by atoms with Gasteiger partial charge in [0.15, 0.2) is 10.6 Å². The van der Waals surface area contributed by atoms with Crippen LogP contribution in [0.1, 0.15) is 33.4 Å². The minimum Gasteiger partial charge on any atom is -0.450 e. The molecular weight excluding hydrogens is 486 g/mol. The SMILES string of the molecule is Cc1csc(N2C(=O)c3oc4ccc(Br)cc4c(=O)c3[C@H]2c2ccc([N+](=O)[O-])cc2)n1. The largest absolute Gasteiger partial charge is 0.450 e. The Kier molecular flexibility index (Phi) is 4.49. The van der Waals surface area contributed by atoms with E-state index in [-0.39, 0.29) is 22.4 Å². The Hall–Kier alpha value is -3.37. The van der Waals surface area contributed by atoms with Gasteiger partial charge in [0, 0.05) is 22.0 Å². The smallest absolute Gasteiger partial charge is 0.297 e. The number of carbonyl (C=O) groups is 1. The average Bonchev–Trinajstić information content (AvgIpc) is 3.30. The van der Waals surface area contributed by atoms with Gasteiger partial charge >= 0.3 is 0 Å². The molecule has 0 aliphatic carbocycles. The van der Waals surface area contributed by atoms with Crippen LogP contribution in [0.5, 0.6) is 0 Å². The van der Waals surface area contributed by atoms with E-state index in [1.807, 2.05) is 6.92 Å². The predicted molar refractivity (Wildman–Crippen MR) is 119 cm³/mol. The van der Waals surface area contributed by atoms with Crippen LogP contribution in [0, 0.1) is 17.0 Å². The lowest BCUT2D eigenvalue weighted by Gasteiger charge is -2.22. The maximum Gasteiger partial charge on any atom is 0.297 e. The molecule has 5 rings (SSSR count). The molecule has 0 unspecified atom stereocenters. The molecule has 4 aromatic rings. The molecule has 0 radical (unpaired) electrons. The third kappa shape index (κ3) is 3.06. The Labute approximate surface area is 187 Å². The number of hydrogen-bond acceptors (Lipinski definition) is 7. The second kappa shape index (κ2) is 7.10. The third-order valence-electron chi connectivity index (χ3n) is 5.06. The summed E-state index contributed by atoms with van der Waals surface area (Å²) in [4.78, 5) is 43.3. The minimum atomic E-state index is -0.812. The molecule has 8 nitrogen and oxygen atoms in total. The van der Waals surface area contributed by atoms with Crippen molar-refractivity contribution in [3.8, 4) is 0 Å². The molecule has 154 valence electrons. The van der Waals surface area contributed by atoms with Gasteiger partial charge in [-0.15, -0.1) is 11.3 Å². The summed E-state index contributed by atoms with van der Waals surface area (Å²) < 4.78 is 6.59. The van der Waals surface area contributed by atoms with E-state index in [1.54, 1.807) is 35.7 Å². The lowest BCUT2D eigenvalue weighted by Crippen LogP contribution is -2.29. The number of aryl methyl sites for hydroxylation is 1. The summed E-state index contributed by atoms with van der Waals surface area (Å²) in [5.74, 6) is -0.523. The highest BCUT2D eigenvalue weighted by molar-refractivity contribution is 9.10. The van der Waals surface area contributed by atoms with Crippen LogP contribution < -0.4 is 10.3 Å². The number of aromatic nitrogens is 1. The first-order valence-corrected chi connectivity index (χ1v) is 10.8. The van der Waals surface area contributed by atoms with Crippen LogP contribution in [0.4, 0.5) is 10.8 Å². The van der Waals surface area contributed by atoms with E-state index in [0.29, 0.717) is 26.1 Å². The molecule has 0 fully saturated rings. The van der Waals surface area contributed by atoms with Crippen LogP contribution in [0.2, 0.25) is 0 Å². The average molecular weight is 498 g/mol. The summed E-state index contributed by atoms with van der Waals surface area (Å²) in [5, 5.41) is 13.6. The van der Waals surface area contributed by atoms with Gasteiger partial charge < -0.3 is 4.42 Å². The Morgan fingerprint density at radius 3 is 2.58 bits per heavy atom. The van der Waals surface area contributed by atoms with E-state index >= 15 is 0 Å². The molecule has 2 aromatic carbocycles.